The first-order valence-electron chi connectivity index (χ1n) is 5.68. The first-order chi connectivity index (χ1) is 8.11. The lowest BCUT2D eigenvalue weighted by Crippen LogP contribution is -2.36. The highest BCUT2D eigenvalue weighted by Gasteiger charge is 2.23. The number of aliphatic hydroxyl groups excluding tert-OH is 1. The number of rotatable bonds is 3. The summed E-state index contributed by atoms with van der Waals surface area (Å²) in [6, 6.07) is 0. The number of anilines is 1. The second-order valence-electron chi connectivity index (χ2n) is 4.34. The van der Waals surface area contributed by atoms with E-state index in [0.717, 1.165) is 35.9 Å². The van der Waals surface area contributed by atoms with Crippen LogP contribution in [0.3, 0.4) is 0 Å². The number of aryl methyl sites for hydroxylation is 1. The zero-order chi connectivity index (χ0) is 12.4. The number of carbonyl (C=O) groups is 1. The summed E-state index contributed by atoms with van der Waals surface area (Å²) in [6.45, 7) is 3.62. The molecule has 2 N–H and O–H groups in total. The SMILES string of the molecule is Cc1sc(N2CCCC(CO)C2)nc1C(=O)O. The van der Waals surface area contributed by atoms with E-state index in [9.17, 15) is 4.79 Å². The number of thiazole rings is 1. The van der Waals surface area contributed by atoms with Crippen molar-refractivity contribution in [1.82, 2.24) is 4.98 Å². The maximum Gasteiger partial charge on any atom is 0.355 e. The summed E-state index contributed by atoms with van der Waals surface area (Å²) in [7, 11) is 0. The molecular weight excluding hydrogens is 240 g/mol. The molecule has 17 heavy (non-hydrogen) atoms. The lowest BCUT2D eigenvalue weighted by atomic mass is 10.00. The van der Waals surface area contributed by atoms with Crippen LogP contribution in [0.2, 0.25) is 0 Å². The molecule has 0 spiro atoms. The fraction of sp³-hybridized carbons (Fsp3) is 0.636. The fourth-order valence-corrected chi connectivity index (χ4v) is 3.04. The minimum absolute atomic E-state index is 0.149. The molecule has 2 heterocycles. The average Bonchev–Trinajstić information content (AvgIpc) is 2.71. The van der Waals surface area contributed by atoms with Gasteiger partial charge in [0.15, 0.2) is 10.8 Å². The van der Waals surface area contributed by atoms with Gasteiger partial charge in [-0.05, 0) is 25.7 Å². The van der Waals surface area contributed by atoms with E-state index in [4.69, 9.17) is 10.2 Å². The summed E-state index contributed by atoms with van der Waals surface area (Å²) in [5.41, 5.74) is 0.149. The largest absolute Gasteiger partial charge is 0.476 e. The number of hydrogen-bond donors (Lipinski definition) is 2. The first-order valence-corrected chi connectivity index (χ1v) is 6.50. The Labute approximate surface area is 104 Å². The van der Waals surface area contributed by atoms with E-state index < -0.39 is 5.97 Å². The molecule has 0 radical (unpaired) electrons. The van der Waals surface area contributed by atoms with Crippen molar-refractivity contribution < 1.29 is 15.0 Å². The van der Waals surface area contributed by atoms with Crippen molar-refractivity contribution in [1.29, 1.82) is 0 Å². The third-order valence-corrected chi connectivity index (χ3v) is 4.07. The van der Waals surface area contributed by atoms with Crippen LogP contribution < -0.4 is 4.90 Å². The Bertz CT molecular complexity index is 419. The Morgan fingerprint density at radius 1 is 1.65 bits per heavy atom. The zero-order valence-corrected chi connectivity index (χ0v) is 10.5. The summed E-state index contributed by atoms with van der Waals surface area (Å²) in [5.74, 6) is -0.693. The normalized spacial score (nSPS) is 20.6. The van der Waals surface area contributed by atoms with Gasteiger partial charge in [-0.25, -0.2) is 9.78 Å². The lowest BCUT2D eigenvalue weighted by Gasteiger charge is -2.31. The van der Waals surface area contributed by atoms with Crippen molar-refractivity contribution >= 4 is 22.4 Å². The maximum atomic E-state index is 10.9. The highest BCUT2D eigenvalue weighted by molar-refractivity contribution is 7.15. The molecule has 94 valence electrons. The predicted octanol–water partition coefficient (Wildman–Crippen LogP) is 1.36. The van der Waals surface area contributed by atoms with E-state index in [-0.39, 0.29) is 18.2 Å². The summed E-state index contributed by atoms with van der Waals surface area (Å²) in [6.07, 6.45) is 2.05. The molecule has 1 saturated heterocycles. The van der Waals surface area contributed by atoms with Crippen LogP contribution in [0.15, 0.2) is 0 Å². The van der Waals surface area contributed by atoms with Gasteiger partial charge in [0.25, 0.3) is 0 Å². The molecule has 1 unspecified atom stereocenters. The highest BCUT2D eigenvalue weighted by Crippen LogP contribution is 2.29. The molecule has 1 aromatic heterocycles. The Kier molecular flexibility index (Phi) is 3.63. The van der Waals surface area contributed by atoms with Gasteiger partial charge in [-0.2, -0.15) is 0 Å². The fourth-order valence-electron chi connectivity index (χ4n) is 2.10. The molecule has 0 amide bonds. The van der Waals surface area contributed by atoms with Crippen molar-refractivity contribution in [2.75, 3.05) is 24.6 Å². The van der Waals surface area contributed by atoms with Crippen molar-refractivity contribution in [3.8, 4) is 0 Å². The topological polar surface area (TPSA) is 73.7 Å². The lowest BCUT2D eigenvalue weighted by molar-refractivity contribution is 0.0690. The van der Waals surface area contributed by atoms with Crippen molar-refractivity contribution in [2.45, 2.75) is 19.8 Å². The summed E-state index contributed by atoms with van der Waals surface area (Å²) in [4.78, 5) is 17.9. The molecule has 0 aromatic carbocycles. The van der Waals surface area contributed by atoms with Crippen molar-refractivity contribution in [3.05, 3.63) is 10.6 Å². The monoisotopic (exact) mass is 256 g/mol. The van der Waals surface area contributed by atoms with Crippen molar-refractivity contribution in [2.24, 2.45) is 5.92 Å². The van der Waals surface area contributed by atoms with E-state index in [1.165, 1.54) is 11.3 Å². The first kappa shape index (κ1) is 12.3. The van der Waals surface area contributed by atoms with Crippen LogP contribution in [0.5, 0.6) is 0 Å². The molecule has 1 aliphatic heterocycles. The van der Waals surface area contributed by atoms with Crippen LogP contribution in [-0.4, -0.2) is 40.9 Å². The molecule has 0 bridgehead atoms. The maximum absolute atomic E-state index is 10.9. The number of aliphatic hydroxyl groups is 1. The molecule has 1 aromatic rings. The van der Waals surface area contributed by atoms with Gasteiger partial charge >= 0.3 is 5.97 Å². The van der Waals surface area contributed by atoms with E-state index in [1.807, 2.05) is 0 Å². The van der Waals surface area contributed by atoms with Gasteiger partial charge in [0.2, 0.25) is 0 Å². The van der Waals surface area contributed by atoms with Crippen LogP contribution >= 0.6 is 11.3 Å². The van der Waals surface area contributed by atoms with Gasteiger partial charge in [-0.3, -0.25) is 0 Å². The van der Waals surface area contributed by atoms with Crippen LogP contribution in [0.25, 0.3) is 0 Å². The van der Waals surface area contributed by atoms with Crippen molar-refractivity contribution in [3.63, 3.8) is 0 Å². The number of carboxylic acids is 1. The molecule has 1 fully saturated rings. The highest BCUT2D eigenvalue weighted by atomic mass is 32.1. The van der Waals surface area contributed by atoms with E-state index in [1.54, 1.807) is 6.92 Å². The standard InChI is InChI=1S/C11H16N2O3S/c1-7-9(10(15)16)12-11(17-7)13-4-2-3-8(5-13)6-14/h8,14H,2-6H2,1H3,(H,15,16). The third kappa shape index (κ3) is 2.58. The molecule has 5 nitrogen and oxygen atoms in total. The zero-order valence-electron chi connectivity index (χ0n) is 9.72. The second kappa shape index (κ2) is 5.01. The average molecular weight is 256 g/mol. The van der Waals surface area contributed by atoms with Crippen LogP contribution in [-0.2, 0) is 0 Å². The van der Waals surface area contributed by atoms with E-state index in [2.05, 4.69) is 9.88 Å². The number of carboxylic acid groups (broad SMARTS) is 1. The Balaban J connectivity index is 2.16. The number of aromatic carboxylic acids is 1. The second-order valence-corrected chi connectivity index (χ2v) is 5.52. The minimum Gasteiger partial charge on any atom is -0.476 e. The Morgan fingerprint density at radius 2 is 2.41 bits per heavy atom. The van der Waals surface area contributed by atoms with Gasteiger partial charge in [-0.1, -0.05) is 0 Å². The number of aromatic nitrogens is 1. The quantitative estimate of drug-likeness (QED) is 0.854. The number of nitrogens with zero attached hydrogens (tertiary/aromatic N) is 2. The van der Waals surface area contributed by atoms with Gasteiger partial charge in [0, 0.05) is 24.6 Å². The number of hydrogen-bond acceptors (Lipinski definition) is 5. The number of piperidine rings is 1. The molecule has 2 rings (SSSR count). The summed E-state index contributed by atoms with van der Waals surface area (Å²) in [5, 5.41) is 18.9. The van der Waals surface area contributed by atoms with Crippen LogP contribution in [0, 0.1) is 12.8 Å². The molecule has 1 aliphatic rings. The van der Waals surface area contributed by atoms with Gasteiger partial charge in [0.1, 0.15) is 0 Å². The molecule has 0 aliphatic carbocycles. The predicted molar refractivity (Wildman–Crippen MR) is 65.8 cm³/mol. The summed E-state index contributed by atoms with van der Waals surface area (Å²) >= 11 is 1.41. The Morgan fingerprint density at radius 3 is 3.00 bits per heavy atom. The summed E-state index contributed by atoms with van der Waals surface area (Å²) < 4.78 is 0. The smallest absolute Gasteiger partial charge is 0.355 e. The van der Waals surface area contributed by atoms with E-state index in [0.29, 0.717) is 0 Å². The molecule has 6 heteroatoms. The molecular formula is C11H16N2O3S. The van der Waals surface area contributed by atoms with Crippen LogP contribution in [0.4, 0.5) is 5.13 Å². The minimum atomic E-state index is -0.972. The Hall–Kier alpha value is -1.14. The van der Waals surface area contributed by atoms with Gasteiger partial charge < -0.3 is 15.1 Å². The van der Waals surface area contributed by atoms with E-state index >= 15 is 0 Å². The third-order valence-electron chi connectivity index (χ3n) is 3.04. The van der Waals surface area contributed by atoms with Gasteiger partial charge in [0.05, 0.1) is 0 Å². The molecule has 1 atom stereocenters. The van der Waals surface area contributed by atoms with Crippen LogP contribution in [0.1, 0.15) is 28.2 Å². The van der Waals surface area contributed by atoms with Gasteiger partial charge in [-0.15, -0.1) is 11.3 Å². The molecule has 0 saturated carbocycles.